The number of furan rings is 1. The van der Waals surface area contributed by atoms with E-state index in [9.17, 15) is 23.2 Å². The van der Waals surface area contributed by atoms with E-state index in [2.05, 4.69) is 10.6 Å². The fourth-order valence-electron chi connectivity index (χ4n) is 3.63. The van der Waals surface area contributed by atoms with Crippen LogP contribution in [0.1, 0.15) is 64.1 Å². The van der Waals surface area contributed by atoms with Gasteiger partial charge >= 0.3 is 0 Å². The van der Waals surface area contributed by atoms with E-state index >= 15 is 0 Å². The molecule has 2 amide bonds. The predicted molar refractivity (Wildman–Crippen MR) is 101 cm³/mol. The van der Waals surface area contributed by atoms with Crippen LogP contribution in [0.25, 0.3) is 0 Å². The van der Waals surface area contributed by atoms with Gasteiger partial charge in [0.1, 0.15) is 11.8 Å². The number of amides is 2. The van der Waals surface area contributed by atoms with E-state index in [1.165, 1.54) is 13.1 Å². The predicted octanol–water partition coefficient (Wildman–Crippen LogP) is 3.24. The molecule has 0 saturated carbocycles. The molecule has 0 radical (unpaired) electrons. The van der Waals surface area contributed by atoms with Gasteiger partial charge < -0.3 is 15.1 Å². The summed E-state index contributed by atoms with van der Waals surface area (Å²) in [5.74, 6) is -3.26. The number of carbonyl (C=O) groups is 3. The Kier molecular flexibility index (Phi) is 5.30. The van der Waals surface area contributed by atoms with Gasteiger partial charge in [0.05, 0.1) is 5.56 Å². The van der Waals surface area contributed by atoms with Crippen molar-refractivity contribution >= 4 is 17.6 Å². The van der Waals surface area contributed by atoms with Crippen LogP contribution >= 0.6 is 0 Å². The second-order valence-electron chi connectivity index (χ2n) is 7.99. The molecule has 154 valence electrons. The Hall–Kier alpha value is -3.03. The number of hydrogen-bond donors (Lipinski definition) is 2. The number of hydrogen-bond acceptors (Lipinski definition) is 4. The molecule has 1 aliphatic carbocycles. The summed E-state index contributed by atoms with van der Waals surface area (Å²) in [7, 11) is 1.36. The number of benzene rings is 1. The molecule has 1 aliphatic rings. The number of carbonyl (C=O) groups excluding carboxylic acids is 3. The normalized spacial score (nSPS) is 16.1. The zero-order valence-corrected chi connectivity index (χ0v) is 16.6. The van der Waals surface area contributed by atoms with E-state index in [1.807, 2.05) is 13.8 Å². The van der Waals surface area contributed by atoms with Crippen molar-refractivity contribution in [1.29, 1.82) is 0 Å². The molecule has 2 aromatic rings. The Morgan fingerprint density at radius 1 is 1.17 bits per heavy atom. The van der Waals surface area contributed by atoms with E-state index in [-0.39, 0.29) is 22.5 Å². The number of likely N-dealkylation sites (N-methyl/N-ethyl adjacent to an activating group) is 1. The van der Waals surface area contributed by atoms with Gasteiger partial charge in [-0.1, -0.05) is 19.9 Å². The van der Waals surface area contributed by atoms with Crippen LogP contribution in [0, 0.1) is 24.0 Å². The molecule has 0 bridgehead atoms. The standard InChI is InChI=1S/C21H22F2N2O4/c1-10-16-14(26)8-21(2,3)9-15(16)29-18(10)20(28)25-17(19(27)24-4)11-5-6-12(22)13(23)7-11/h5-7,17H,8-9H2,1-4H3,(H,24,27)(H,25,28). The van der Waals surface area contributed by atoms with Crippen LogP contribution in [0.4, 0.5) is 8.78 Å². The third-order valence-corrected chi connectivity index (χ3v) is 5.04. The largest absolute Gasteiger partial charge is 0.455 e. The summed E-state index contributed by atoms with van der Waals surface area (Å²) in [5, 5.41) is 4.87. The molecule has 0 saturated heterocycles. The van der Waals surface area contributed by atoms with Crippen LogP contribution in [0.2, 0.25) is 0 Å². The Bertz CT molecular complexity index is 1010. The van der Waals surface area contributed by atoms with E-state index < -0.39 is 29.5 Å². The average Bonchev–Trinajstić information content (AvgIpc) is 2.96. The van der Waals surface area contributed by atoms with Crippen LogP contribution in [0.15, 0.2) is 22.6 Å². The minimum absolute atomic E-state index is 0.0717. The first kappa shape index (κ1) is 20.7. The van der Waals surface area contributed by atoms with Crippen molar-refractivity contribution in [2.24, 2.45) is 5.41 Å². The van der Waals surface area contributed by atoms with E-state index in [0.29, 0.717) is 29.7 Å². The van der Waals surface area contributed by atoms with Crippen LogP contribution in [-0.4, -0.2) is 24.6 Å². The summed E-state index contributed by atoms with van der Waals surface area (Å²) in [6.45, 7) is 5.49. The number of fused-ring (bicyclic) bond motifs is 1. The lowest BCUT2D eigenvalue weighted by Gasteiger charge is -2.27. The molecule has 1 aromatic heterocycles. The van der Waals surface area contributed by atoms with Crippen LogP contribution < -0.4 is 10.6 Å². The summed E-state index contributed by atoms with van der Waals surface area (Å²) in [6, 6.07) is 1.67. The summed E-state index contributed by atoms with van der Waals surface area (Å²) in [6.07, 6.45) is 0.849. The molecular weight excluding hydrogens is 382 g/mol. The number of nitrogens with one attached hydrogen (secondary N) is 2. The molecule has 8 heteroatoms. The highest BCUT2D eigenvalue weighted by atomic mass is 19.2. The van der Waals surface area contributed by atoms with Crippen molar-refractivity contribution in [3.05, 3.63) is 58.0 Å². The van der Waals surface area contributed by atoms with Crippen molar-refractivity contribution in [3.63, 3.8) is 0 Å². The third-order valence-electron chi connectivity index (χ3n) is 5.04. The first-order valence-corrected chi connectivity index (χ1v) is 9.17. The second kappa shape index (κ2) is 7.42. The van der Waals surface area contributed by atoms with Crippen LogP contribution in [0.3, 0.4) is 0 Å². The summed E-state index contributed by atoms with van der Waals surface area (Å²) < 4.78 is 32.6. The van der Waals surface area contributed by atoms with Gasteiger partial charge in [-0.2, -0.15) is 0 Å². The van der Waals surface area contributed by atoms with Gasteiger partial charge in [0.15, 0.2) is 23.2 Å². The Labute approximate surface area is 166 Å². The highest BCUT2D eigenvalue weighted by Gasteiger charge is 2.37. The smallest absolute Gasteiger partial charge is 0.288 e. The Morgan fingerprint density at radius 2 is 1.86 bits per heavy atom. The molecule has 0 spiro atoms. The molecule has 1 atom stereocenters. The second-order valence-corrected chi connectivity index (χ2v) is 7.99. The van der Waals surface area contributed by atoms with E-state index in [1.54, 1.807) is 6.92 Å². The van der Waals surface area contributed by atoms with Crippen LogP contribution in [-0.2, 0) is 11.2 Å². The minimum Gasteiger partial charge on any atom is -0.455 e. The number of halogens is 2. The fraction of sp³-hybridized carbons (Fsp3) is 0.381. The van der Waals surface area contributed by atoms with Gasteiger partial charge in [-0.25, -0.2) is 8.78 Å². The quantitative estimate of drug-likeness (QED) is 0.819. The third kappa shape index (κ3) is 3.92. The molecule has 1 aromatic carbocycles. The fourth-order valence-corrected chi connectivity index (χ4v) is 3.63. The lowest BCUT2D eigenvalue weighted by molar-refractivity contribution is -0.122. The Morgan fingerprint density at radius 3 is 2.48 bits per heavy atom. The zero-order valence-electron chi connectivity index (χ0n) is 16.6. The minimum atomic E-state index is -1.27. The van der Waals surface area contributed by atoms with Gasteiger partial charge in [-0.15, -0.1) is 0 Å². The average molecular weight is 404 g/mol. The van der Waals surface area contributed by atoms with E-state index in [4.69, 9.17) is 4.42 Å². The van der Waals surface area contributed by atoms with Crippen LogP contribution in [0.5, 0.6) is 0 Å². The van der Waals surface area contributed by atoms with Crippen molar-refractivity contribution < 1.29 is 27.6 Å². The highest BCUT2D eigenvalue weighted by Crippen LogP contribution is 2.38. The molecule has 29 heavy (non-hydrogen) atoms. The molecule has 0 aliphatic heterocycles. The molecule has 6 nitrogen and oxygen atoms in total. The first-order chi connectivity index (χ1) is 13.5. The van der Waals surface area contributed by atoms with Crippen molar-refractivity contribution in [1.82, 2.24) is 10.6 Å². The van der Waals surface area contributed by atoms with Crippen molar-refractivity contribution in [2.75, 3.05) is 7.05 Å². The maximum atomic E-state index is 13.6. The van der Waals surface area contributed by atoms with Crippen molar-refractivity contribution in [2.45, 2.75) is 39.7 Å². The lowest BCUT2D eigenvalue weighted by atomic mass is 9.76. The van der Waals surface area contributed by atoms with Gasteiger partial charge in [0.25, 0.3) is 5.91 Å². The lowest BCUT2D eigenvalue weighted by Crippen LogP contribution is -2.39. The maximum Gasteiger partial charge on any atom is 0.288 e. The first-order valence-electron chi connectivity index (χ1n) is 9.17. The number of Topliss-reactive ketones (excluding diaryl/α,β-unsaturated/α-hetero) is 1. The molecule has 3 rings (SSSR count). The summed E-state index contributed by atoms with van der Waals surface area (Å²) in [4.78, 5) is 37.6. The molecule has 0 fully saturated rings. The molecule has 1 heterocycles. The van der Waals surface area contributed by atoms with Gasteiger partial charge in [-0.05, 0) is 30.0 Å². The summed E-state index contributed by atoms with van der Waals surface area (Å²) in [5.41, 5.74) is 0.596. The zero-order chi connectivity index (χ0) is 21.5. The molecule has 2 N–H and O–H groups in total. The van der Waals surface area contributed by atoms with Gasteiger partial charge in [0, 0.05) is 25.5 Å². The number of ketones is 1. The molecule has 1 unspecified atom stereocenters. The Balaban J connectivity index is 1.94. The summed E-state index contributed by atoms with van der Waals surface area (Å²) >= 11 is 0. The SMILES string of the molecule is CNC(=O)C(NC(=O)c1oc2c(c1C)C(=O)CC(C)(C)C2)c1ccc(F)c(F)c1. The highest BCUT2D eigenvalue weighted by molar-refractivity contribution is 6.04. The van der Waals surface area contributed by atoms with Crippen molar-refractivity contribution in [3.8, 4) is 0 Å². The van der Waals surface area contributed by atoms with E-state index in [0.717, 1.165) is 12.1 Å². The molecular formula is C21H22F2N2O4. The number of rotatable bonds is 4. The maximum absolute atomic E-state index is 13.6. The van der Waals surface area contributed by atoms with Gasteiger partial charge in [0.2, 0.25) is 5.91 Å². The topological polar surface area (TPSA) is 88.4 Å². The van der Waals surface area contributed by atoms with Gasteiger partial charge in [-0.3, -0.25) is 14.4 Å². The monoisotopic (exact) mass is 404 g/mol.